The van der Waals surface area contributed by atoms with Crippen LogP contribution < -0.4 is 0 Å². The van der Waals surface area contributed by atoms with Gasteiger partial charge in [-0.1, -0.05) is 0 Å². The molecule has 0 amide bonds. The Kier molecular flexibility index (Phi) is 2.66. The van der Waals surface area contributed by atoms with Crippen LogP contribution in [0.1, 0.15) is 44.6 Å². The molecule has 1 atom stereocenters. The van der Waals surface area contributed by atoms with Crippen LogP contribution in [0.5, 0.6) is 0 Å². The topological polar surface area (TPSA) is 66.0 Å². The van der Waals surface area contributed by atoms with Gasteiger partial charge in [0.2, 0.25) is 11.8 Å². The van der Waals surface area contributed by atoms with Crippen LogP contribution in [0.4, 0.5) is 0 Å². The van der Waals surface area contributed by atoms with Crippen LogP contribution in [0, 0.1) is 6.07 Å². The normalized spacial score (nSPS) is 20.4. The first-order valence-electron chi connectivity index (χ1n) is 6.04. The van der Waals surface area contributed by atoms with Crippen molar-refractivity contribution in [2.75, 3.05) is 6.61 Å². The SMILES string of the molecule is CC(C)(c1nnc(C2CCCO2)o1)n1c[c]cn1. The molecule has 1 fully saturated rings. The molecule has 0 N–H and O–H groups in total. The zero-order chi connectivity index (χ0) is 12.6. The van der Waals surface area contributed by atoms with Gasteiger partial charge in [0, 0.05) is 18.9 Å². The van der Waals surface area contributed by atoms with Gasteiger partial charge in [0.25, 0.3) is 0 Å². The summed E-state index contributed by atoms with van der Waals surface area (Å²) in [6.45, 7) is 4.71. The van der Waals surface area contributed by atoms with Gasteiger partial charge in [0.1, 0.15) is 11.6 Å². The molecule has 6 nitrogen and oxygen atoms in total. The lowest BCUT2D eigenvalue weighted by molar-refractivity contribution is 0.0861. The first-order valence-corrected chi connectivity index (χ1v) is 6.04. The van der Waals surface area contributed by atoms with E-state index in [9.17, 15) is 0 Å². The molecule has 6 heteroatoms. The van der Waals surface area contributed by atoms with Gasteiger partial charge in [-0.3, -0.25) is 4.68 Å². The molecule has 3 heterocycles. The quantitative estimate of drug-likeness (QED) is 0.825. The molecule has 1 unspecified atom stereocenters. The van der Waals surface area contributed by atoms with Crippen molar-refractivity contribution in [3.05, 3.63) is 30.2 Å². The highest BCUT2D eigenvalue weighted by Crippen LogP contribution is 2.30. The Balaban J connectivity index is 1.88. The van der Waals surface area contributed by atoms with Crippen molar-refractivity contribution in [3.63, 3.8) is 0 Å². The van der Waals surface area contributed by atoms with Crippen molar-refractivity contribution in [3.8, 4) is 0 Å². The summed E-state index contributed by atoms with van der Waals surface area (Å²) in [6, 6.07) is 2.90. The standard InChI is InChI=1S/C12H15N4O2/c1-12(2,16-7-4-6-13-16)11-15-14-10(18-11)9-5-3-8-17-9/h6-7,9H,3,5,8H2,1-2H3. The summed E-state index contributed by atoms with van der Waals surface area (Å²) in [4.78, 5) is 0. The van der Waals surface area contributed by atoms with Crippen molar-refractivity contribution in [2.45, 2.75) is 38.3 Å². The van der Waals surface area contributed by atoms with Gasteiger partial charge in [-0.2, -0.15) is 5.10 Å². The second-order valence-electron chi connectivity index (χ2n) is 4.89. The maximum absolute atomic E-state index is 5.73. The lowest BCUT2D eigenvalue weighted by Crippen LogP contribution is -2.28. The minimum atomic E-state index is -0.482. The van der Waals surface area contributed by atoms with Gasteiger partial charge < -0.3 is 9.15 Å². The van der Waals surface area contributed by atoms with E-state index in [0.29, 0.717) is 11.8 Å². The van der Waals surface area contributed by atoms with Crippen LogP contribution in [0.25, 0.3) is 0 Å². The van der Waals surface area contributed by atoms with Crippen molar-refractivity contribution in [1.29, 1.82) is 0 Å². The van der Waals surface area contributed by atoms with E-state index >= 15 is 0 Å². The summed E-state index contributed by atoms with van der Waals surface area (Å²) in [5.41, 5.74) is -0.482. The van der Waals surface area contributed by atoms with Gasteiger partial charge in [-0.15, -0.1) is 10.2 Å². The predicted molar refractivity (Wildman–Crippen MR) is 61.7 cm³/mol. The zero-order valence-electron chi connectivity index (χ0n) is 10.5. The molecular formula is C12H15N4O2. The predicted octanol–water partition coefficient (Wildman–Crippen LogP) is 1.70. The minimum Gasteiger partial charge on any atom is -0.420 e. The first-order chi connectivity index (χ1) is 8.68. The van der Waals surface area contributed by atoms with Crippen molar-refractivity contribution in [1.82, 2.24) is 20.0 Å². The van der Waals surface area contributed by atoms with Crippen LogP contribution in [-0.4, -0.2) is 26.6 Å². The van der Waals surface area contributed by atoms with Crippen LogP contribution in [0.3, 0.4) is 0 Å². The molecule has 0 bridgehead atoms. The van der Waals surface area contributed by atoms with Crippen molar-refractivity contribution < 1.29 is 9.15 Å². The highest BCUT2D eigenvalue weighted by Gasteiger charge is 2.32. The molecule has 0 spiro atoms. The summed E-state index contributed by atoms with van der Waals surface area (Å²) < 4.78 is 13.0. The Morgan fingerprint density at radius 3 is 3.00 bits per heavy atom. The summed E-state index contributed by atoms with van der Waals surface area (Å²) in [6.07, 6.45) is 5.30. The smallest absolute Gasteiger partial charge is 0.245 e. The van der Waals surface area contributed by atoms with Crippen LogP contribution in [-0.2, 0) is 10.3 Å². The fourth-order valence-corrected chi connectivity index (χ4v) is 2.02. The third-order valence-corrected chi connectivity index (χ3v) is 3.20. The lowest BCUT2D eigenvalue weighted by Gasteiger charge is -2.20. The molecule has 1 aliphatic rings. The Morgan fingerprint density at radius 1 is 1.44 bits per heavy atom. The summed E-state index contributed by atoms with van der Waals surface area (Å²) in [5.74, 6) is 1.09. The molecule has 0 saturated carbocycles. The number of hydrogen-bond acceptors (Lipinski definition) is 5. The van der Waals surface area contributed by atoms with Crippen molar-refractivity contribution in [2.24, 2.45) is 0 Å². The Labute approximate surface area is 105 Å². The van der Waals surface area contributed by atoms with E-state index in [-0.39, 0.29) is 6.10 Å². The van der Waals surface area contributed by atoms with E-state index in [4.69, 9.17) is 9.15 Å². The second-order valence-corrected chi connectivity index (χ2v) is 4.89. The number of hydrogen-bond donors (Lipinski definition) is 0. The average Bonchev–Trinajstić information content (AvgIpc) is 3.12. The van der Waals surface area contributed by atoms with E-state index in [1.165, 1.54) is 0 Å². The third-order valence-electron chi connectivity index (χ3n) is 3.20. The van der Waals surface area contributed by atoms with Gasteiger partial charge >= 0.3 is 0 Å². The molecule has 1 aliphatic heterocycles. The van der Waals surface area contributed by atoms with E-state index in [1.54, 1.807) is 17.1 Å². The van der Waals surface area contributed by atoms with E-state index in [2.05, 4.69) is 21.4 Å². The minimum absolute atomic E-state index is 0.0498. The molecule has 0 aliphatic carbocycles. The maximum atomic E-state index is 5.73. The van der Waals surface area contributed by atoms with Gasteiger partial charge in [0.15, 0.2) is 0 Å². The van der Waals surface area contributed by atoms with E-state index in [1.807, 2.05) is 13.8 Å². The highest BCUT2D eigenvalue weighted by molar-refractivity contribution is 5.02. The third kappa shape index (κ3) is 1.82. The molecule has 0 aromatic carbocycles. The molecule has 95 valence electrons. The van der Waals surface area contributed by atoms with Gasteiger partial charge in [0.05, 0.1) is 6.20 Å². The monoisotopic (exact) mass is 247 g/mol. The number of nitrogens with zero attached hydrogens (tertiary/aromatic N) is 4. The summed E-state index contributed by atoms with van der Waals surface area (Å²) in [7, 11) is 0. The Bertz CT molecular complexity index is 512. The highest BCUT2D eigenvalue weighted by atomic mass is 16.5. The molecule has 1 saturated heterocycles. The first kappa shape index (κ1) is 11.4. The fraction of sp³-hybridized carbons (Fsp3) is 0.583. The Morgan fingerprint density at radius 2 is 2.33 bits per heavy atom. The van der Waals surface area contributed by atoms with Crippen molar-refractivity contribution >= 4 is 0 Å². The van der Waals surface area contributed by atoms with Crippen LogP contribution >= 0.6 is 0 Å². The largest absolute Gasteiger partial charge is 0.420 e. The Hall–Kier alpha value is -1.69. The molecule has 1 radical (unpaired) electrons. The molecule has 2 aromatic heterocycles. The second kappa shape index (κ2) is 4.20. The number of rotatable bonds is 3. The molecular weight excluding hydrogens is 232 g/mol. The van der Waals surface area contributed by atoms with E-state index < -0.39 is 5.54 Å². The molecule has 18 heavy (non-hydrogen) atoms. The van der Waals surface area contributed by atoms with Gasteiger partial charge in [-0.05, 0) is 26.7 Å². The fourth-order valence-electron chi connectivity index (χ4n) is 2.02. The van der Waals surface area contributed by atoms with Gasteiger partial charge in [-0.25, -0.2) is 0 Å². The zero-order valence-corrected chi connectivity index (χ0v) is 10.5. The molecule has 2 aromatic rings. The summed E-state index contributed by atoms with van der Waals surface area (Å²) in [5, 5.41) is 12.4. The number of ether oxygens (including phenoxy) is 1. The number of aromatic nitrogens is 4. The average molecular weight is 247 g/mol. The molecule has 3 rings (SSSR count). The van der Waals surface area contributed by atoms with Crippen LogP contribution in [0.2, 0.25) is 0 Å². The van der Waals surface area contributed by atoms with Crippen LogP contribution in [0.15, 0.2) is 16.8 Å². The lowest BCUT2D eigenvalue weighted by atomic mass is 10.1. The van der Waals surface area contributed by atoms with E-state index in [0.717, 1.165) is 19.4 Å². The maximum Gasteiger partial charge on any atom is 0.245 e. The summed E-state index contributed by atoms with van der Waals surface area (Å²) >= 11 is 0.